The second kappa shape index (κ2) is 7.30. The fourth-order valence-corrected chi connectivity index (χ4v) is 1.57. The van der Waals surface area contributed by atoms with Crippen LogP contribution in [0.1, 0.15) is 40.2 Å². The minimum Gasteiger partial charge on any atom is -0.493 e. The van der Waals surface area contributed by atoms with Crippen LogP contribution in [0.15, 0.2) is 18.2 Å². The Morgan fingerprint density at radius 3 is 2.11 bits per heavy atom. The summed E-state index contributed by atoms with van der Waals surface area (Å²) in [5.41, 5.74) is 1.24. The van der Waals surface area contributed by atoms with E-state index in [-0.39, 0.29) is 0 Å². The molecular weight excluding hydrogens is 224 g/mol. The average molecular weight is 250 g/mol. The van der Waals surface area contributed by atoms with Crippen LogP contribution in [0.5, 0.6) is 11.5 Å². The van der Waals surface area contributed by atoms with Gasteiger partial charge in [0.25, 0.3) is 0 Å². The van der Waals surface area contributed by atoms with Crippen molar-refractivity contribution in [3.8, 4) is 11.5 Å². The molecule has 1 rings (SSSR count). The lowest BCUT2D eigenvalue weighted by Gasteiger charge is -2.15. The summed E-state index contributed by atoms with van der Waals surface area (Å²) in [6.07, 6.45) is 0.984. The lowest BCUT2D eigenvalue weighted by molar-refractivity contribution is 0.256. The smallest absolute Gasteiger partial charge is 0.126 e. The van der Waals surface area contributed by atoms with Gasteiger partial charge in [-0.25, -0.2) is 0 Å². The van der Waals surface area contributed by atoms with Gasteiger partial charge in [-0.15, -0.1) is 0 Å². The molecule has 1 aromatic carbocycles. The van der Waals surface area contributed by atoms with Crippen molar-refractivity contribution >= 4 is 0 Å². The predicted octanol–water partition coefficient (Wildman–Crippen LogP) is 4.32. The van der Waals surface area contributed by atoms with Crippen LogP contribution in [-0.4, -0.2) is 13.2 Å². The molecule has 0 aliphatic carbocycles. The van der Waals surface area contributed by atoms with Crippen LogP contribution in [-0.2, 0) is 6.42 Å². The molecule has 1 aromatic rings. The topological polar surface area (TPSA) is 18.5 Å². The molecule has 0 aliphatic rings. The second-order valence-corrected chi connectivity index (χ2v) is 5.53. The Hall–Kier alpha value is -1.18. The molecule has 0 amide bonds. The van der Waals surface area contributed by atoms with Crippen molar-refractivity contribution in [2.45, 2.75) is 41.0 Å². The van der Waals surface area contributed by atoms with Crippen molar-refractivity contribution in [2.75, 3.05) is 13.2 Å². The van der Waals surface area contributed by atoms with Crippen molar-refractivity contribution in [3.63, 3.8) is 0 Å². The highest BCUT2D eigenvalue weighted by Crippen LogP contribution is 2.26. The van der Waals surface area contributed by atoms with Crippen molar-refractivity contribution in [3.05, 3.63) is 23.8 Å². The molecule has 0 N–H and O–H groups in total. The summed E-state index contributed by atoms with van der Waals surface area (Å²) in [7, 11) is 0. The standard InChI is InChI=1S/C16H26O2/c1-6-14-7-8-15(17-10-12(2)3)9-16(14)18-11-13(4)5/h7-9,12-13H,6,10-11H2,1-5H3. The Kier molecular flexibility index (Phi) is 6.03. The van der Waals surface area contributed by atoms with Crippen LogP contribution in [0.4, 0.5) is 0 Å². The molecule has 0 spiro atoms. The van der Waals surface area contributed by atoms with Crippen LogP contribution in [0.3, 0.4) is 0 Å². The Balaban J connectivity index is 2.74. The monoisotopic (exact) mass is 250 g/mol. The first-order chi connectivity index (χ1) is 8.52. The zero-order valence-corrected chi connectivity index (χ0v) is 12.3. The molecule has 0 radical (unpaired) electrons. The first-order valence-electron chi connectivity index (χ1n) is 6.91. The fourth-order valence-electron chi connectivity index (χ4n) is 1.57. The van der Waals surface area contributed by atoms with E-state index in [4.69, 9.17) is 9.47 Å². The minimum absolute atomic E-state index is 0.537. The largest absolute Gasteiger partial charge is 0.493 e. The van der Waals surface area contributed by atoms with Gasteiger partial charge in [0, 0.05) is 6.07 Å². The van der Waals surface area contributed by atoms with Gasteiger partial charge in [0.05, 0.1) is 13.2 Å². The highest BCUT2D eigenvalue weighted by Gasteiger charge is 2.06. The maximum absolute atomic E-state index is 5.86. The Morgan fingerprint density at radius 2 is 1.56 bits per heavy atom. The summed E-state index contributed by atoms with van der Waals surface area (Å²) >= 11 is 0. The van der Waals surface area contributed by atoms with Crippen LogP contribution < -0.4 is 9.47 Å². The highest BCUT2D eigenvalue weighted by molar-refractivity contribution is 5.40. The van der Waals surface area contributed by atoms with Crippen molar-refractivity contribution in [1.82, 2.24) is 0 Å². The van der Waals surface area contributed by atoms with E-state index in [1.165, 1.54) is 5.56 Å². The molecule has 0 saturated carbocycles. The molecule has 18 heavy (non-hydrogen) atoms. The molecule has 0 heterocycles. The highest BCUT2D eigenvalue weighted by atomic mass is 16.5. The Labute approximate surface area is 111 Å². The Morgan fingerprint density at radius 1 is 0.944 bits per heavy atom. The summed E-state index contributed by atoms with van der Waals surface area (Å²) in [6, 6.07) is 6.15. The van der Waals surface area contributed by atoms with E-state index in [2.05, 4.69) is 40.7 Å². The molecule has 0 unspecified atom stereocenters. The second-order valence-electron chi connectivity index (χ2n) is 5.53. The van der Waals surface area contributed by atoms with Gasteiger partial charge < -0.3 is 9.47 Å². The van der Waals surface area contributed by atoms with Crippen molar-refractivity contribution < 1.29 is 9.47 Å². The van der Waals surface area contributed by atoms with E-state index in [0.29, 0.717) is 11.8 Å². The number of aryl methyl sites for hydroxylation is 1. The van der Waals surface area contributed by atoms with Gasteiger partial charge in [-0.1, -0.05) is 40.7 Å². The van der Waals surface area contributed by atoms with E-state index in [1.807, 2.05) is 12.1 Å². The van der Waals surface area contributed by atoms with Gasteiger partial charge in [0.2, 0.25) is 0 Å². The van der Waals surface area contributed by atoms with Gasteiger partial charge in [0.15, 0.2) is 0 Å². The summed E-state index contributed by atoms with van der Waals surface area (Å²) < 4.78 is 11.6. The summed E-state index contributed by atoms with van der Waals surface area (Å²) in [4.78, 5) is 0. The summed E-state index contributed by atoms with van der Waals surface area (Å²) in [5.74, 6) is 2.94. The van der Waals surface area contributed by atoms with Gasteiger partial charge in [-0.3, -0.25) is 0 Å². The Bertz CT molecular complexity index is 356. The van der Waals surface area contributed by atoms with Gasteiger partial charge in [0.1, 0.15) is 11.5 Å². The van der Waals surface area contributed by atoms with E-state index >= 15 is 0 Å². The van der Waals surface area contributed by atoms with E-state index in [9.17, 15) is 0 Å². The third kappa shape index (κ3) is 4.99. The van der Waals surface area contributed by atoms with Crippen LogP contribution >= 0.6 is 0 Å². The summed E-state index contributed by atoms with van der Waals surface area (Å²) in [5, 5.41) is 0. The first kappa shape index (κ1) is 14.9. The SMILES string of the molecule is CCc1ccc(OCC(C)C)cc1OCC(C)C. The number of hydrogen-bond donors (Lipinski definition) is 0. The number of ether oxygens (including phenoxy) is 2. The number of hydrogen-bond acceptors (Lipinski definition) is 2. The summed E-state index contributed by atoms with van der Waals surface area (Å²) in [6.45, 7) is 12.3. The predicted molar refractivity (Wildman–Crippen MR) is 76.5 cm³/mol. The third-order valence-electron chi connectivity index (χ3n) is 2.58. The van der Waals surface area contributed by atoms with Gasteiger partial charge >= 0.3 is 0 Å². The molecule has 0 aromatic heterocycles. The van der Waals surface area contributed by atoms with Crippen LogP contribution in [0.25, 0.3) is 0 Å². The molecule has 0 saturated heterocycles. The van der Waals surface area contributed by atoms with Gasteiger partial charge in [-0.2, -0.15) is 0 Å². The van der Waals surface area contributed by atoms with Crippen LogP contribution in [0, 0.1) is 11.8 Å². The van der Waals surface area contributed by atoms with E-state index < -0.39 is 0 Å². The minimum atomic E-state index is 0.537. The molecule has 2 heteroatoms. The molecule has 102 valence electrons. The maximum atomic E-state index is 5.86. The number of benzene rings is 1. The molecular formula is C16H26O2. The number of rotatable bonds is 7. The molecule has 0 atom stereocenters. The van der Waals surface area contributed by atoms with Crippen molar-refractivity contribution in [1.29, 1.82) is 0 Å². The quantitative estimate of drug-likeness (QED) is 0.717. The lowest BCUT2D eigenvalue weighted by atomic mass is 10.1. The fraction of sp³-hybridized carbons (Fsp3) is 0.625. The van der Waals surface area contributed by atoms with E-state index in [1.54, 1.807) is 0 Å². The first-order valence-corrected chi connectivity index (χ1v) is 6.91. The van der Waals surface area contributed by atoms with Crippen LogP contribution in [0.2, 0.25) is 0 Å². The molecule has 2 nitrogen and oxygen atoms in total. The van der Waals surface area contributed by atoms with Crippen molar-refractivity contribution in [2.24, 2.45) is 11.8 Å². The molecule has 0 fully saturated rings. The average Bonchev–Trinajstić information content (AvgIpc) is 2.33. The van der Waals surface area contributed by atoms with E-state index in [0.717, 1.165) is 31.1 Å². The zero-order valence-electron chi connectivity index (χ0n) is 12.3. The van der Waals surface area contributed by atoms with Gasteiger partial charge in [-0.05, 0) is 29.9 Å². The lowest BCUT2D eigenvalue weighted by Crippen LogP contribution is -2.07. The molecule has 0 aliphatic heterocycles. The zero-order chi connectivity index (χ0) is 13.5. The maximum Gasteiger partial charge on any atom is 0.126 e. The molecule has 0 bridgehead atoms. The third-order valence-corrected chi connectivity index (χ3v) is 2.58. The normalized spacial score (nSPS) is 11.1.